The SMILES string of the molecule is CNC(=O)C(C)(C)CNCc1cc(F)cc(F)c1. The predicted molar refractivity (Wildman–Crippen MR) is 65.9 cm³/mol. The minimum absolute atomic E-state index is 0.0829. The second kappa shape index (κ2) is 5.91. The molecule has 0 radical (unpaired) electrons. The van der Waals surface area contributed by atoms with E-state index in [-0.39, 0.29) is 5.91 Å². The molecule has 0 unspecified atom stereocenters. The Balaban J connectivity index is 2.53. The number of halogens is 2. The second-order valence-electron chi connectivity index (χ2n) is 4.84. The lowest BCUT2D eigenvalue weighted by Crippen LogP contribution is -2.41. The summed E-state index contributed by atoms with van der Waals surface area (Å²) in [5, 5.41) is 5.59. The minimum atomic E-state index is -0.600. The zero-order chi connectivity index (χ0) is 13.8. The summed E-state index contributed by atoms with van der Waals surface area (Å²) in [5.41, 5.74) is -0.0547. The van der Waals surface area contributed by atoms with Crippen LogP contribution in [0.3, 0.4) is 0 Å². The van der Waals surface area contributed by atoms with Crippen LogP contribution >= 0.6 is 0 Å². The Hall–Kier alpha value is -1.49. The minimum Gasteiger partial charge on any atom is -0.359 e. The van der Waals surface area contributed by atoms with Gasteiger partial charge in [0, 0.05) is 26.2 Å². The molecule has 0 aliphatic heterocycles. The molecule has 1 rings (SSSR count). The molecule has 18 heavy (non-hydrogen) atoms. The quantitative estimate of drug-likeness (QED) is 0.844. The van der Waals surface area contributed by atoms with Gasteiger partial charge in [-0.15, -0.1) is 0 Å². The smallest absolute Gasteiger partial charge is 0.226 e. The van der Waals surface area contributed by atoms with Crippen LogP contribution in [0.2, 0.25) is 0 Å². The summed E-state index contributed by atoms with van der Waals surface area (Å²) >= 11 is 0. The van der Waals surface area contributed by atoms with Crippen molar-refractivity contribution in [3.8, 4) is 0 Å². The molecule has 0 aliphatic carbocycles. The number of hydrogen-bond donors (Lipinski definition) is 2. The molecule has 5 heteroatoms. The van der Waals surface area contributed by atoms with E-state index in [0.717, 1.165) is 6.07 Å². The Morgan fingerprint density at radius 2 is 1.78 bits per heavy atom. The summed E-state index contributed by atoms with van der Waals surface area (Å²) in [4.78, 5) is 11.5. The molecular weight excluding hydrogens is 238 g/mol. The van der Waals surface area contributed by atoms with Crippen molar-refractivity contribution in [2.45, 2.75) is 20.4 Å². The molecular formula is C13H18F2N2O. The second-order valence-corrected chi connectivity index (χ2v) is 4.84. The van der Waals surface area contributed by atoms with E-state index in [1.165, 1.54) is 12.1 Å². The number of amides is 1. The highest BCUT2D eigenvalue weighted by Gasteiger charge is 2.25. The van der Waals surface area contributed by atoms with Crippen LogP contribution in [0, 0.1) is 17.0 Å². The summed E-state index contributed by atoms with van der Waals surface area (Å²) in [6, 6.07) is 3.36. The van der Waals surface area contributed by atoms with Crippen LogP contribution in [0.5, 0.6) is 0 Å². The van der Waals surface area contributed by atoms with Crippen molar-refractivity contribution in [2.24, 2.45) is 5.41 Å². The van der Waals surface area contributed by atoms with Crippen molar-refractivity contribution >= 4 is 5.91 Å². The van der Waals surface area contributed by atoms with E-state index in [9.17, 15) is 13.6 Å². The van der Waals surface area contributed by atoms with Crippen molar-refractivity contribution < 1.29 is 13.6 Å². The molecule has 3 nitrogen and oxygen atoms in total. The number of benzene rings is 1. The molecule has 0 heterocycles. The number of hydrogen-bond acceptors (Lipinski definition) is 2. The van der Waals surface area contributed by atoms with Gasteiger partial charge in [0.1, 0.15) is 11.6 Å². The number of nitrogens with one attached hydrogen (secondary N) is 2. The van der Waals surface area contributed by atoms with Crippen LogP contribution in [0.15, 0.2) is 18.2 Å². The fourth-order valence-electron chi connectivity index (χ4n) is 1.65. The van der Waals surface area contributed by atoms with E-state index in [1.54, 1.807) is 20.9 Å². The Bertz CT molecular complexity index is 413. The first kappa shape index (κ1) is 14.6. The average Bonchev–Trinajstić information content (AvgIpc) is 2.26. The number of carbonyl (C=O) groups excluding carboxylic acids is 1. The molecule has 0 fully saturated rings. The van der Waals surface area contributed by atoms with Gasteiger partial charge >= 0.3 is 0 Å². The first-order chi connectivity index (χ1) is 8.35. The van der Waals surface area contributed by atoms with Gasteiger partial charge in [0.25, 0.3) is 0 Å². The molecule has 0 aliphatic rings. The van der Waals surface area contributed by atoms with Crippen molar-refractivity contribution in [2.75, 3.05) is 13.6 Å². The largest absolute Gasteiger partial charge is 0.359 e. The van der Waals surface area contributed by atoms with Crippen LogP contribution in [-0.2, 0) is 11.3 Å². The van der Waals surface area contributed by atoms with Crippen molar-refractivity contribution in [3.05, 3.63) is 35.4 Å². The van der Waals surface area contributed by atoms with Gasteiger partial charge in [-0.05, 0) is 31.5 Å². The fraction of sp³-hybridized carbons (Fsp3) is 0.462. The van der Waals surface area contributed by atoms with Gasteiger partial charge in [-0.3, -0.25) is 4.79 Å². The summed E-state index contributed by atoms with van der Waals surface area (Å²) in [5.74, 6) is -1.28. The molecule has 100 valence electrons. The van der Waals surface area contributed by atoms with E-state index in [1.807, 2.05) is 0 Å². The van der Waals surface area contributed by atoms with E-state index in [2.05, 4.69) is 10.6 Å². The third-order valence-corrected chi connectivity index (χ3v) is 2.66. The molecule has 0 saturated carbocycles. The van der Waals surface area contributed by atoms with Gasteiger partial charge in [0.05, 0.1) is 5.41 Å². The maximum atomic E-state index is 12.9. The lowest BCUT2D eigenvalue weighted by Gasteiger charge is -2.22. The molecule has 0 saturated heterocycles. The lowest BCUT2D eigenvalue weighted by atomic mass is 9.92. The summed E-state index contributed by atoms with van der Waals surface area (Å²) in [6.07, 6.45) is 0. The number of rotatable bonds is 5. The topological polar surface area (TPSA) is 41.1 Å². The van der Waals surface area contributed by atoms with E-state index < -0.39 is 17.0 Å². The van der Waals surface area contributed by atoms with E-state index >= 15 is 0 Å². The third kappa shape index (κ3) is 4.07. The monoisotopic (exact) mass is 256 g/mol. The zero-order valence-electron chi connectivity index (χ0n) is 10.8. The van der Waals surface area contributed by atoms with Crippen molar-refractivity contribution in [1.82, 2.24) is 10.6 Å². The van der Waals surface area contributed by atoms with Gasteiger partial charge in [0.2, 0.25) is 5.91 Å². The van der Waals surface area contributed by atoms with Crippen LogP contribution in [0.25, 0.3) is 0 Å². The highest BCUT2D eigenvalue weighted by molar-refractivity contribution is 5.81. The molecule has 0 bridgehead atoms. The van der Waals surface area contributed by atoms with Crippen molar-refractivity contribution in [3.63, 3.8) is 0 Å². The van der Waals surface area contributed by atoms with Crippen LogP contribution in [0.4, 0.5) is 8.78 Å². The first-order valence-electron chi connectivity index (χ1n) is 5.73. The first-order valence-corrected chi connectivity index (χ1v) is 5.73. The standard InChI is InChI=1S/C13H18F2N2O/c1-13(2,12(18)16-3)8-17-7-9-4-10(14)6-11(15)5-9/h4-6,17H,7-8H2,1-3H3,(H,16,18). The zero-order valence-corrected chi connectivity index (χ0v) is 10.8. The summed E-state index contributed by atoms with van der Waals surface area (Å²) in [6.45, 7) is 4.33. The average molecular weight is 256 g/mol. The van der Waals surface area contributed by atoms with E-state index in [4.69, 9.17) is 0 Å². The maximum absolute atomic E-state index is 12.9. The summed E-state index contributed by atoms with van der Waals surface area (Å²) < 4.78 is 25.9. The highest BCUT2D eigenvalue weighted by Crippen LogP contribution is 2.14. The molecule has 1 aromatic carbocycles. The number of carbonyl (C=O) groups is 1. The Morgan fingerprint density at radius 1 is 1.22 bits per heavy atom. The summed E-state index contributed by atoms with van der Waals surface area (Å²) in [7, 11) is 1.58. The highest BCUT2D eigenvalue weighted by atomic mass is 19.1. The molecule has 0 aromatic heterocycles. The molecule has 1 aromatic rings. The van der Waals surface area contributed by atoms with Crippen LogP contribution in [-0.4, -0.2) is 19.5 Å². The van der Waals surface area contributed by atoms with Crippen LogP contribution < -0.4 is 10.6 Å². The Labute approximate surface area is 106 Å². The lowest BCUT2D eigenvalue weighted by molar-refractivity contribution is -0.128. The molecule has 0 atom stereocenters. The molecule has 2 N–H and O–H groups in total. The van der Waals surface area contributed by atoms with Gasteiger partial charge in [-0.25, -0.2) is 8.78 Å². The van der Waals surface area contributed by atoms with Gasteiger partial charge < -0.3 is 10.6 Å². The molecule has 0 spiro atoms. The van der Waals surface area contributed by atoms with Gasteiger partial charge in [0.15, 0.2) is 0 Å². The third-order valence-electron chi connectivity index (χ3n) is 2.66. The Kier molecular flexibility index (Phi) is 4.78. The van der Waals surface area contributed by atoms with E-state index in [0.29, 0.717) is 18.7 Å². The van der Waals surface area contributed by atoms with Crippen molar-refractivity contribution in [1.29, 1.82) is 0 Å². The Morgan fingerprint density at radius 3 is 2.28 bits per heavy atom. The molecule has 1 amide bonds. The predicted octanol–water partition coefficient (Wildman–Crippen LogP) is 1.83. The van der Waals surface area contributed by atoms with Gasteiger partial charge in [-0.2, -0.15) is 0 Å². The normalized spacial score (nSPS) is 11.4. The van der Waals surface area contributed by atoms with Gasteiger partial charge in [-0.1, -0.05) is 0 Å². The fourth-order valence-corrected chi connectivity index (χ4v) is 1.65. The van der Waals surface area contributed by atoms with Crippen LogP contribution in [0.1, 0.15) is 19.4 Å². The maximum Gasteiger partial charge on any atom is 0.226 e.